The molecule has 1 aliphatic rings. The SMILES string of the molecule is O=C(O)c1cc(F)c(F)cc1N1CCCC1=O. The molecule has 17 heavy (non-hydrogen) atoms. The third-order valence-electron chi connectivity index (χ3n) is 2.63. The van der Waals surface area contributed by atoms with E-state index in [0.29, 0.717) is 19.0 Å². The third-order valence-corrected chi connectivity index (χ3v) is 2.63. The smallest absolute Gasteiger partial charge is 0.337 e. The minimum Gasteiger partial charge on any atom is -0.478 e. The first-order chi connectivity index (χ1) is 8.00. The summed E-state index contributed by atoms with van der Waals surface area (Å²) in [5.74, 6) is -4.07. The highest BCUT2D eigenvalue weighted by atomic mass is 19.2. The molecule has 1 aromatic rings. The van der Waals surface area contributed by atoms with Crippen LogP contribution in [0.15, 0.2) is 12.1 Å². The molecule has 0 aliphatic carbocycles. The zero-order valence-electron chi connectivity index (χ0n) is 8.74. The van der Waals surface area contributed by atoms with Crippen molar-refractivity contribution in [3.05, 3.63) is 29.3 Å². The van der Waals surface area contributed by atoms with Crippen LogP contribution in [0.2, 0.25) is 0 Å². The number of anilines is 1. The first kappa shape index (κ1) is 11.5. The zero-order chi connectivity index (χ0) is 12.6. The van der Waals surface area contributed by atoms with Crippen LogP contribution in [0.4, 0.5) is 14.5 Å². The van der Waals surface area contributed by atoms with E-state index in [1.165, 1.54) is 4.90 Å². The lowest BCUT2D eigenvalue weighted by molar-refractivity contribution is -0.117. The topological polar surface area (TPSA) is 57.6 Å². The minimum absolute atomic E-state index is 0.0844. The molecule has 1 fully saturated rings. The summed E-state index contributed by atoms with van der Waals surface area (Å²) in [7, 11) is 0. The van der Waals surface area contributed by atoms with Gasteiger partial charge in [-0.3, -0.25) is 4.79 Å². The van der Waals surface area contributed by atoms with Crippen molar-refractivity contribution >= 4 is 17.6 Å². The van der Waals surface area contributed by atoms with Gasteiger partial charge >= 0.3 is 5.97 Å². The van der Waals surface area contributed by atoms with Gasteiger partial charge < -0.3 is 10.0 Å². The Kier molecular flexibility index (Phi) is 2.79. The molecule has 0 spiro atoms. The van der Waals surface area contributed by atoms with Crippen LogP contribution in [0.3, 0.4) is 0 Å². The Morgan fingerprint density at radius 1 is 1.29 bits per heavy atom. The van der Waals surface area contributed by atoms with E-state index in [4.69, 9.17) is 5.11 Å². The molecule has 4 nitrogen and oxygen atoms in total. The maximum Gasteiger partial charge on any atom is 0.337 e. The van der Waals surface area contributed by atoms with Gasteiger partial charge in [-0.2, -0.15) is 0 Å². The van der Waals surface area contributed by atoms with Crippen molar-refractivity contribution in [1.82, 2.24) is 0 Å². The second-order valence-electron chi connectivity index (χ2n) is 3.74. The summed E-state index contributed by atoms with van der Waals surface area (Å²) < 4.78 is 26.1. The number of benzene rings is 1. The second kappa shape index (κ2) is 4.12. The van der Waals surface area contributed by atoms with Crippen molar-refractivity contribution in [2.24, 2.45) is 0 Å². The summed E-state index contributed by atoms with van der Waals surface area (Å²) in [4.78, 5) is 23.6. The molecule has 1 saturated heterocycles. The fourth-order valence-corrected chi connectivity index (χ4v) is 1.83. The lowest BCUT2D eigenvalue weighted by Gasteiger charge is -2.18. The predicted molar refractivity (Wildman–Crippen MR) is 54.9 cm³/mol. The number of carboxylic acids is 1. The largest absolute Gasteiger partial charge is 0.478 e. The van der Waals surface area contributed by atoms with Gasteiger partial charge in [0.1, 0.15) is 0 Å². The molecular formula is C11H9F2NO3. The average molecular weight is 241 g/mol. The summed E-state index contributed by atoms with van der Waals surface area (Å²) in [5.41, 5.74) is -0.488. The van der Waals surface area contributed by atoms with Crippen LogP contribution in [0.25, 0.3) is 0 Å². The van der Waals surface area contributed by atoms with Gasteiger partial charge in [-0.15, -0.1) is 0 Å². The maximum absolute atomic E-state index is 13.1. The number of aromatic carboxylic acids is 1. The normalized spacial score (nSPS) is 15.4. The van der Waals surface area contributed by atoms with E-state index in [-0.39, 0.29) is 18.0 Å². The molecule has 1 aliphatic heterocycles. The van der Waals surface area contributed by atoms with Gasteiger partial charge in [0.25, 0.3) is 0 Å². The quantitative estimate of drug-likeness (QED) is 0.858. The van der Waals surface area contributed by atoms with Crippen molar-refractivity contribution in [3.63, 3.8) is 0 Å². The molecule has 0 saturated carbocycles. The van der Waals surface area contributed by atoms with Crippen molar-refractivity contribution in [2.75, 3.05) is 11.4 Å². The fraction of sp³-hybridized carbons (Fsp3) is 0.273. The fourth-order valence-electron chi connectivity index (χ4n) is 1.83. The molecule has 1 heterocycles. The van der Waals surface area contributed by atoms with E-state index >= 15 is 0 Å². The Hall–Kier alpha value is -1.98. The number of rotatable bonds is 2. The van der Waals surface area contributed by atoms with Gasteiger partial charge in [0.15, 0.2) is 11.6 Å². The van der Waals surface area contributed by atoms with Crippen molar-refractivity contribution in [2.45, 2.75) is 12.8 Å². The van der Waals surface area contributed by atoms with E-state index in [2.05, 4.69) is 0 Å². The van der Waals surface area contributed by atoms with Gasteiger partial charge in [0, 0.05) is 19.0 Å². The molecule has 1 aromatic carbocycles. The van der Waals surface area contributed by atoms with Crippen LogP contribution >= 0.6 is 0 Å². The van der Waals surface area contributed by atoms with Crippen LogP contribution in [0, 0.1) is 11.6 Å². The number of halogens is 2. The Bertz CT molecular complexity index is 502. The Labute approximate surface area is 95.5 Å². The summed E-state index contributed by atoms with van der Waals surface area (Å²) in [5, 5.41) is 8.90. The van der Waals surface area contributed by atoms with Gasteiger partial charge in [-0.05, 0) is 12.5 Å². The van der Waals surface area contributed by atoms with Gasteiger partial charge in [0.2, 0.25) is 5.91 Å². The molecule has 0 unspecified atom stereocenters. The summed E-state index contributed by atoms with van der Waals surface area (Å²) in [6, 6.07) is 1.35. The first-order valence-corrected chi connectivity index (χ1v) is 5.03. The molecule has 0 atom stereocenters. The number of carbonyl (C=O) groups excluding carboxylic acids is 1. The van der Waals surface area contributed by atoms with Crippen LogP contribution in [-0.2, 0) is 4.79 Å². The summed E-state index contributed by atoms with van der Waals surface area (Å²) >= 11 is 0. The van der Waals surface area contributed by atoms with Crippen molar-refractivity contribution in [3.8, 4) is 0 Å². The molecule has 1 amide bonds. The standard InChI is InChI=1S/C11H9F2NO3/c12-7-4-6(11(16)17)9(5-8(7)13)14-3-1-2-10(14)15/h4-5H,1-3H2,(H,16,17). The van der Waals surface area contributed by atoms with Crippen LogP contribution in [0.1, 0.15) is 23.2 Å². The summed E-state index contributed by atoms with van der Waals surface area (Å²) in [6.07, 6.45) is 0.870. The van der Waals surface area contributed by atoms with Gasteiger partial charge in [-0.1, -0.05) is 0 Å². The lowest BCUT2D eigenvalue weighted by Crippen LogP contribution is -2.26. The number of hydrogen-bond acceptors (Lipinski definition) is 2. The highest BCUT2D eigenvalue weighted by Gasteiger charge is 2.27. The predicted octanol–water partition coefficient (Wildman–Crippen LogP) is 1.79. The number of nitrogens with zero attached hydrogens (tertiary/aromatic N) is 1. The molecule has 0 bridgehead atoms. The van der Waals surface area contributed by atoms with E-state index < -0.39 is 23.2 Å². The summed E-state index contributed by atoms with van der Waals surface area (Å²) in [6.45, 7) is 0.324. The molecule has 90 valence electrons. The number of hydrogen-bond donors (Lipinski definition) is 1. The third kappa shape index (κ3) is 1.98. The highest BCUT2D eigenvalue weighted by molar-refractivity contribution is 6.02. The van der Waals surface area contributed by atoms with E-state index in [1.807, 2.05) is 0 Å². The Morgan fingerprint density at radius 3 is 2.47 bits per heavy atom. The second-order valence-corrected chi connectivity index (χ2v) is 3.74. The minimum atomic E-state index is -1.39. The first-order valence-electron chi connectivity index (χ1n) is 5.03. The van der Waals surface area contributed by atoms with E-state index in [9.17, 15) is 18.4 Å². The maximum atomic E-state index is 13.1. The van der Waals surface area contributed by atoms with E-state index in [1.54, 1.807) is 0 Å². The molecule has 0 aromatic heterocycles. The Balaban J connectivity index is 2.54. The van der Waals surface area contributed by atoms with E-state index in [0.717, 1.165) is 6.07 Å². The Morgan fingerprint density at radius 2 is 1.94 bits per heavy atom. The average Bonchev–Trinajstić information content (AvgIpc) is 2.67. The van der Waals surface area contributed by atoms with Crippen LogP contribution in [-0.4, -0.2) is 23.5 Å². The van der Waals surface area contributed by atoms with Crippen LogP contribution < -0.4 is 4.90 Å². The molecule has 1 N–H and O–H groups in total. The van der Waals surface area contributed by atoms with Crippen molar-refractivity contribution in [1.29, 1.82) is 0 Å². The number of carboxylic acid groups (broad SMARTS) is 1. The monoisotopic (exact) mass is 241 g/mol. The van der Waals surface area contributed by atoms with Crippen LogP contribution in [0.5, 0.6) is 0 Å². The highest BCUT2D eigenvalue weighted by Crippen LogP contribution is 2.27. The van der Waals surface area contributed by atoms with Gasteiger partial charge in [-0.25, -0.2) is 13.6 Å². The molecular weight excluding hydrogens is 232 g/mol. The molecule has 6 heteroatoms. The number of carbonyl (C=O) groups is 2. The van der Waals surface area contributed by atoms with Gasteiger partial charge in [0.05, 0.1) is 11.3 Å². The zero-order valence-corrected chi connectivity index (χ0v) is 8.74. The number of amides is 1. The molecule has 2 rings (SSSR count). The molecule has 0 radical (unpaired) electrons. The lowest BCUT2D eigenvalue weighted by atomic mass is 10.1. The van der Waals surface area contributed by atoms with Crippen molar-refractivity contribution < 1.29 is 23.5 Å².